The molecular weight excluding hydrogens is 194 g/mol. The van der Waals surface area contributed by atoms with Crippen molar-refractivity contribution in [2.75, 3.05) is 7.11 Å². The molecule has 0 aromatic carbocycles. The first-order valence-electron chi connectivity index (χ1n) is 5.09. The van der Waals surface area contributed by atoms with E-state index in [4.69, 9.17) is 4.74 Å². The quantitative estimate of drug-likeness (QED) is 0.765. The first-order valence-corrected chi connectivity index (χ1v) is 5.09. The van der Waals surface area contributed by atoms with Gasteiger partial charge in [-0.05, 0) is 18.1 Å². The molecule has 4 heteroatoms. The van der Waals surface area contributed by atoms with Gasteiger partial charge in [0.15, 0.2) is 0 Å². The monoisotopic (exact) mass is 209 g/mol. The molecule has 0 radical (unpaired) electrons. The second-order valence-corrected chi connectivity index (χ2v) is 3.95. The Bertz CT molecular complexity index is 426. The normalized spacial score (nSPS) is 29.1. The van der Waals surface area contributed by atoms with Gasteiger partial charge in [0, 0.05) is 19.7 Å². The minimum atomic E-state index is -0.912. The number of nitrogens with one attached hydrogen (secondary N) is 1. The number of hydrogen-bond donors (Lipinski definition) is 2. The van der Waals surface area contributed by atoms with Gasteiger partial charge in [0.25, 0.3) is 5.56 Å². The van der Waals surface area contributed by atoms with E-state index in [9.17, 15) is 9.90 Å². The van der Waals surface area contributed by atoms with E-state index < -0.39 is 5.60 Å². The van der Waals surface area contributed by atoms with E-state index in [1.54, 1.807) is 19.4 Å². The minimum absolute atomic E-state index is 0.163. The van der Waals surface area contributed by atoms with Crippen LogP contribution in [-0.4, -0.2) is 17.2 Å². The Labute approximate surface area is 87.9 Å². The minimum Gasteiger partial charge on any atom is -0.385 e. The van der Waals surface area contributed by atoms with Crippen LogP contribution in [0.2, 0.25) is 0 Å². The molecule has 1 heterocycles. The summed E-state index contributed by atoms with van der Waals surface area (Å²) in [5, 5.41) is 10.3. The number of H-pyrrole nitrogens is 1. The van der Waals surface area contributed by atoms with E-state index in [0.29, 0.717) is 24.0 Å². The van der Waals surface area contributed by atoms with E-state index in [0.717, 1.165) is 0 Å². The van der Waals surface area contributed by atoms with Crippen LogP contribution < -0.4 is 5.56 Å². The Kier molecular flexibility index (Phi) is 2.40. The average molecular weight is 209 g/mol. The predicted octanol–water partition coefficient (Wildman–Crippen LogP) is 1.06. The van der Waals surface area contributed by atoms with Crippen molar-refractivity contribution in [2.24, 2.45) is 0 Å². The summed E-state index contributed by atoms with van der Waals surface area (Å²) in [6.07, 6.45) is 2.32. The third kappa shape index (κ3) is 1.41. The summed E-state index contributed by atoms with van der Waals surface area (Å²) >= 11 is 0. The summed E-state index contributed by atoms with van der Waals surface area (Å²) in [6.45, 7) is 1.91. The number of fused-ring (bicyclic) bond motifs is 1. The van der Waals surface area contributed by atoms with Gasteiger partial charge in [-0.1, -0.05) is 6.92 Å². The van der Waals surface area contributed by atoms with Crippen molar-refractivity contribution in [1.29, 1.82) is 0 Å². The zero-order chi connectivity index (χ0) is 11.1. The fraction of sp³-hybridized carbons (Fsp3) is 0.545. The fourth-order valence-electron chi connectivity index (χ4n) is 2.27. The van der Waals surface area contributed by atoms with Crippen LogP contribution in [-0.2, 0) is 10.3 Å². The van der Waals surface area contributed by atoms with Gasteiger partial charge in [-0.3, -0.25) is 4.79 Å². The highest BCUT2D eigenvalue weighted by molar-refractivity contribution is 5.36. The van der Waals surface area contributed by atoms with Crippen molar-refractivity contribution in [3.63, 3.8) is 0 Å². The zero-order valence-electron chi connectivity index (χ0n) is 8.91. The molecule has 0 saturated carbocycles. The molecule has 0 aliphatic heterocycles. The topological polar surface area (TPSA) is 62.3 Å². The number of methoxy groups -OCH3 is 1. The summed E-state index contributed by atoms with van der Waals surface area (Å²) in [6, 6.07) is 1.76. The summed E-state index contributed by atoms with van der Waals surface area (Å²) in [4.78, 5) is 14.2. The molecular formula is C11H15NO3. The van der Waals surface area contributed by atoms with Gasteiger partial charge < -0.3 is 14.8 Å². The highest BCUT2D eigenvalue weighted by atomic mass is 16.5. The van der Waals surface area contributed by atoms with Crippen molar-refractivity contribution >= 4 is 0 Å². The lowest BCUT2D eigenvalue weighted by atomic mass is 9.94. The van der Waals surface area contributed by atoms with Crippen molar-refractivity contribution < 1.29 is 9.84 Å². The largest absolute Gasteiger partial charge is 0.385 e. The van der Waals surface area contributed by atoms with Crippen LogP contribution in [0.5, 0.6) is 0 Å². The fourth-order valence-corrected chi connectivity index (χ4v) is 2.27. The number of aromatic nitrogens is 1. The van der Waals surface area contributed by atoms with E-state index >= 15 is 0 Å². The van der Waals surface area contributed by atoms with Gasteiger partial charge in [0.05, 0.1) is 17.3 Å². The molecule has 0 amide bonds. The van der Waals surface area contributed by atoms with E-state index in [2.05, 4.69) is 4.98 Å². The summed E-state index contributed by atoms with van der Waals surface area (Å²) in [5.74, 6) is 0. The highest BCUT2D eigenvalue weighted by Crippen LogP contribution is 2.44. The molecule has 0 spiro atoms. The smallest absolute Gasteiger partial charge is 0.254 e. The molecule has 4 nitrogen and oxygen atoms in total. The van der Waals surface area contributed by atoms with Crippen LogP contribution in [0, 0.1) is 0 Å². The van der Waals surface area contributed by atoms with Gasteiger partial charge in [0.1, 0.15) is 0 Å². The third-order valence-corrected chi connectivity index (χ3v) is 3.22. The maximum absolute atomic E-state index is 11.6. The Morgan fingerprint density at radius 1 is 1.73 bits per heavy atom. The van der Waals surface area contributed by atoms with E-state index in [1.165, 1.54) is 0 Å². The van der Waals surface area contributed by atoms with Crippen LogP contribution in [0.15, 0.2) is 17.1 Å². The lowest BCUT2D eigenvalue weighted by molar-refractivity contribution is -0.0101. The number of pyridine rings is 1. The first-order chi connectivity index (χ1) is 7.12. The lowest BCUT2D eigenvalue weighted by Crippen LogP contribution is -2.22. The zero-order valence-corrected chi connectivity index (χ0v) is 8.91. The molecule has 1 aromatic heterocycles. The summed E-state index contributed by atoms with van der Waals surface area (Å²) in [7, 11) is 1.56. The van der Waals surface area contributed by atoms with Gasteiger partial charge in [-0.25, -0.2) is 0 Å². The van der Waals surface area contributed by atoms with Gasteiger partial charge in [-0.15, -0.1) is 0 Å². The Morgan fingerprint density at radius 2 is 2.47 bits per heavy atom. The van der Waals surface area contributed by atoms with Crippen LogP contribution >= 0.6 is 0 Å². The second-order valence-electron chi connectivity index (χ2n) is 3.95. The molecule has 1 aromatic rings. The van der Waals surface area contributed by atoms with Crippen LogP contribution in [0.1, 0.15) is 37.0 Å². The number of aliphatic hydroxyl groups is 1. The molecule has 2 N–H and O–H groups in total. The predicted molar refractivity (Wildman–Crippen MR) is 55.6 cm³/mol. The lowest BCUT2D eigenvalue weighted by Gasteiger charge is -2.21. The molecule has 1 aliphatic rings. The number of ether oxygens (including phenoxy) is 1. The molecule has 0 saturated heterocycles. The van der Waals surface area contributed by atoms with Crippen molar-refractivity contribution in [3.05, 3.63) is 33.7 Å². The maximum atomic E-state index is 11.6. The highest BCUT2D eigenvalue weighted by Gasteiger charge is 2.42. The Balaban J connectivity index is 2.62. The molecule has 2 unspecified atom stereocenters. The molecule has 0 bridgehead atoms. The second kappa shape index (κ2) is 3.47. The summed E-state index contributed by atoms with van der Waals surface area (Å²) < 4.78 is 5.24. The molecule has 0 fully saturated rings. The SMILES string of the molecule is CCC1(O)CC(OC)c2c1cc[nH]c2=O. The number of hydrogen-bond acceptors (Lipinski definition) is 3. The molecule has 1 aliphatic carbocycles. The van der Waals surface area contributed by atoms with E-state index in [1.807, 2.05) is 6.92 Å². The molecule has 2 atom stereocenters. The van der Waals surface area contributed by atoms with Crippen LogP contribution in [0.4, 0.5) is 0 Å². The van der Waals surface area contributed by atoms with Gasteiger partial charge in [-0.2, -0.15) is 0 Å². The molecule has 2 rings (SSSR count). The first kappa shape index (κ1) is 10.4. The van der Waals surface area contributed by atoms with Gasteiger partial charge >= 0.3 is 0 Å². The summed E-state index contributed by atoms with van der Waals surface area (Å²) in [5.41, 5.74) is 0.207. The van der Waals surface area contributed by atoms with Crippen LogP contribution in [0.25, 0.3) is 0 Å². The Morgan fingerprint density at radius 3 is 3.07 bits per heavy atom. The maximum Gasteiger partial charge on any atom is 0.254 e. The standard InChI is InChI=1S/C11H15NO3/c1-3-11(14)6-8(15-2)9-7(11)4-5-12-10(9)13/h4-5,8,14H,3,6H2,1-2H3,(H,12,13). The van der Waals surface area contributed by atoms with Crippen molar-refractivity contribution in [2.45, 2.75) is 31.5 Å². The molecule has 15 heavy (non-hydrogen) atoms. The average Bonchev–Trinajstić information content (AvgIpc) is 2.55. The van der Waals surface area contributed by atoms with Crippen molar-refractivity contribution in [1.82, 2.24) is 4.98 Å². The third-order valence-electron chi connectivity index (χ3n) is 3.22. The number of aromatic amines is 1. The van der Waals surface area contributed by atoms with Crippen molar-refractivity contribution in [3.8, 4) is 0 Å². The number of rotatable bonds is 2. The van der Waals surface area contributed by atoms with Gasteiger partial charge in [0.2, 0.25) is 0 Å². The van der Waals surface area contributed by atoms with Crippen LogP contribution in [0.3, 0.4) is 0 Å². The Hall–Kier alpha value is -1.13. The molecule has 82 valence electrons. The van der Waals surface area contributed by atoms with E-state index in [-0.39, 0.29) is 11.7 Å².